The van der Waals surface area contributed by atoms with Crippen molar-refractivity contribution in [3.63, 3.8) is 0 Å². The minimum atomic E-state index is -0.349. The molecule has 0 bridgehead atoms. The van der Waals surface area contributed by atoms with Gasteiger partial charge in [0.1, 0.15) is 5.82 Å². The molecule has 0 radical (unpaired) electrons. The van der Waals surface area contributed by atoms with Crippen molar-refractivity contribution in [2.24, 2.45) is 0 Å². The minimum Gasteiger partial charge on any atom is -0.466 e. The SMILES string of the molecule is CCOC(=O)CC(C)(C)c1ccc(C(=O)N2CCN(c3ncc(C)cc3C)CC2)cc1. The Morgan fingerprint density at radius 1 is 1.06 bits per heavy atom. The Bertz CT molecular complexity index is 930. The summed E-state index contributed by atoms with van der Waals surface area (Å²) < 4.78 is 5.09. The molecule has 0 spiro atoms. The highest BCUT2D eigenvalue weighted by Gasteiger charge is 2.27. The normalized spacial score (nSPS) is 14.5. The molecule has 1 saturated heterocycles. The van der Waals surface area contributed by atoms with Crippen LogP contribution in [0.1, 0.15) is 54.2 Å². The highest BCUT2D eigenvalue weighted by molar-refractivity contribution is 5.94. The van der Waals surface area contributed by atoms with Gasteiger partial charge in [0.05, 0.1) is 13.0 Å². The predicted octanol–water partition coefficient (Wildman–Crippen LogP) is 3.89. The molecule has 0 N–H and O–H groups in total. The summed E-state index contributed by atoms with van der Waals surface area (Å²) in [5.74, 6) is 0.845. The third-order valence-corrected chi connectivity index (χ3v) is 5.86. The zero-order valence-electron chi connectivity index (χ0n) is 19.3. The number of esters is 1. The standard InChI is InChI=1S/C25H33N3O3/c1-6-31-22(29)16-25(4,5)21-9-7-20(8-10-21)24(30)28-13-11-27(12-14-28)23-19(3)15-18(2)17-26-23/h7-10,15,17H,6,11-14,16H2,1-5H3. The number of amides is 1. The maximum Gasteiger partial charge on any atom is 0.306 e. The first-order valence-corrected chi connectivity index (χ1v) is 10.9. The lowest BCUT2D eigenvalue weighted by Crippen LogP contribution is -2.49. The molecule has 2 heterocycles. The van der Waals surface area contributed by atoms with E-state index < -0.39 is 0 Å². The van der Waals surface area contributed by atoms with E-state index in [1.54, 1.807) is 0 Å². The highest BCUT2D eigenvalue weighted by Crippen LogP contribution is 2.28. The average molecular weight is 424 g/mol. The number of hydrogen-bond acceptors (Lipinski definition) is 5. The van der Waals surface area contributed by atoms with Crippen LogP contribution in [0.4, 0.5) is 5.82 Å². The van der Waals surface area contributed by atoms with Crippen LogP contribution in [0.25, 0.3) is 0 Å². The van der Waals surface area contributed by atoms with Crippen molar-refractivity contribution in [2.75, 3.05) is 37.7 Å². The second-order valence-electron chi connectivity index (χ2n) is 8.88. The van der Waals surface area contributed by atoms with Gasteiger partial charge in [0.2, 0.25) is 0 Å². The first-order valence-electron chi connectivity index (χ1n) is 10.9. The van der Waals surface area contributed by atoms with Crippen LogP contribution in [0.2, 0.25) is 0 Å². The number of aromatic nitrogens is 1. The molecule has 1 aliphatic heterocycles. The molecule has 6 heteroatoms. The van der Waals surface area contributed by atoms with Crippen LogP contribution in [0, 0.1) is 13.8 Å². The molecular formula is C25H33N3O3. The summed E-state index contributed by atoms with van der Waals surface area (Å²) in [5, 5.41) is 0. The molecule has 166 valence electrons. The molecule has 1 aromatic carbocycles. The third kappa shape index (κ3) is 5.43. The van der Waals surface area contributed by atoms with Crippen LogP contribution in [-0.4, -0.2) is 54.5 Å². The van der Waals surface area contributed by atoms with Crippen molar-refractivity contribution >= 4 is 17.7 Å². The van der Waals surface area contributed by atoms with Crippen molar-refractivity contribution < 1.29 is 14.3 Å². The summed E-state index contributed by atoms with van der Waals surface area (Å²) in [6.07, 6.45) is 2.20. The molecule has 1 amide bonds. The number of aryl methyl sites for hydroxylation is 2. The Morgan fingerprint density at radius 2 is 1.71 bits per heavy atom. The van der Waals surface area contributed by atoms with E-state index in [0.29, 0.717) is 31.7 Å². The number of rotatable bonds is 6. The number of ether oxygens (including phenoxy) is 1. The second-order valence-corrected chi connectivity index (χ2v) is 8.88. The van der Waals surface area contributed by atoms with E-state index in [-0.39, 0.29) is 17.3 Å². The van der Waals surface area contributed by atoms with Gasteiger partial charge in [-0.1, -0.05) is 32.0 Å². The topological polar surface area (TPSA) is 62.7 Å². The van der Waals surface area contributed by atoms with Gasteiger partial charge in [-0.25, -0.2) is 4.98 Å². The van der Waals surface area contributed by atoms with Crippen molar-refractivity contribution in [3.05, 3.63) is 58.8 Å². The maximum atomic E-state index is 13.0. The van der Waals surface area contributed by atoms with E-state index in [2.05, 4.69) is 22.9 Å². The van der Waals surface area contributed by atoms with Crippen molar-refractivity contribution in [1.82, 2.24) is 9.88 Å². The van der Waals surface area contributed by atoms with E-state index in [9.17, 15) is 9.59 Å². The first kappa shape index (κ1) is 22.8. The van der Waals surface area contributed by atoms with Crippen LogP contribution in [0.3, 0.4) is 0 Å². The van der Waals surface area contributed by atoms with Gasteiger partial charge in [0.25, 0.3) is 5.91 Å². The van der Waals surface area contributed by atoms with Gasteiger partial charge in [-0.15, -0.1) is 0 Å². The van der Waals surface area contributed by atoms with Crippen LogP contribution in [-0.2, 0) is 14.9 Å². The van der Waals surface area contributed by atoms with E-state index in [1.807, 2.05) is 63.1 Å². The van der Waals surface area contributed by atoms with Gasteiger partial charge in [-0.2, -0.15) is 0 Å². The molecule has 0 saturated carbocycles. The van der Waals surface area contributed by atoms with Crippen molar-refractivity contribution in [1.29, 1.82) is 0 Å². The zero-order chi connectivity index (χ0) is 22.6. The fraction of sp³-hybridized carbons (Fsp3) is 0.480. The molecule has 1 fully saturated rings. The maximum absolute atomic E-state index is 13.0. The van der Waals surface area contributed by atoms with Gasteiger partial charge in [-0.3, -0.25) is 9.59 Å². The molecule has 1 aliphatic rings. The third-order valence-electron chi connectivity index (χ3n) is 5.86. The molecule has 0 unspecified atom stereocenters. The van der Waals surface area contributed by atoms with Crippen molar-refractivity contribution in [3.8, 4) is 0 Å². The quantitative estimate of drug-likeness (QED) is 0.660. The van der Waals surface area contributed by atoms with Gasteiger partial charge in [0.15, 0.2) is 0 Å². The molecular weight excluding hydrogens is 390 g/mol. The van der Waals surface area contributed by atoms with E-state index >= 15 is 0 Å². The molecule has 31 heavy (non-hydrogen) atoms. The summed E-state index contributed by atoms with van der Waals surface area (Å²) in [7, 11) is 0. The molecule has 2 aromatic rings. The Kier molecular flexibility index (Phi) is 6.98. The number of nitrogens with zero attached hydrogens (tertiary/aromatic N) is 3. The molecule has 6 nitrogen and oxygen atoms in total. The van der Waals surface area contributed by atoms with Gasteiger partial charge >= 0.3 is 5.97 Å². The number of carbonyl (C=O) groups is 2. The number of anilines is 1. The smallest absolute Gasteiger partial charge is 0.306 e. The summed E-state index contributed by atoms with van der Waals surface area (Å²) in [5.41, 5.74) is 3.67. The van der Waals surface area contributed by atoms with E-state index in [0.717, 1.165) is 30.0 Å². The van der Waals surface area contributed by atoms with Gasteiger partial charge < -0.3 is 14.5 Å². The fourth-order valence-electron chi connectivity index (χ4n) is 4.08. The monoisotopic (exact) mass is 423 g/mol. The number of benzene rings is 1. The first-order chi connectivity index (χ1) is 14.7. The highest BCUT2D eigenvalue weighted by atomic mass is 16.5. The average Bonchev–Trinajstić information content (AvgIpc) is 2.73. The van der Waals surface area contributed by atoms with Crippen LogP contribution in [0.15, 0.2) is 36.5 Å². The molecule has 0 aliphatic carbocycles. The van der Waals surface area contributed by atoms with Crippen molar-refractivity contribution in [2.45, 2.75) is 46.5 Å². The van der Waals surface area contributed by atoms with Crippen LogP contribution in [0.5, 0.6) is 0 Å². The van der Waals surface area contributed by atoms with E-state index in [1.165, 1.54) is 5.56 Å². The summed E-state index contributed by atoms with van der Waals surface area (Å²) >= 11 is 0. The Hall–Kier alpha value is -2.89. The lowest BCUT2D eigenvalue weighted by atomic mass is 9.81. The number of carbonyl (C=O) groups excluding carboxylic acids is 2. The summed E-state index contributed by atoms with van der Waals surface area (Å²) in [4.78, 5) is 33.6. The minimum absolute atomic E-state index is 0.0444. The Balaban J connectivity index is 1.61. The summed E-state index contributed by atoms with van der Waals surface area (Å²) in [6.45, 7) is 13.2. The van der Waals surface area contributed by atoms with Crippen LogP contribution < -0.4 is 4.90 Å². The largest absolute Gasteiger partial charge is 0.466 e. The number of hydrogen-bond donors (Lipinski definition) is 0. The van der Waals surface area contributed by atoms with Gasteiger partial charge in [0, 0.05) is 43.4 Å². The van der Waals surface area contributed by atoms with Gasteiger partial charge in [-0.05, 0) is 49.6 Å². The Labute approximate surface area is 185 Å². The van der Waals surface area contributed by atoms with E-state index in [4.69, 9.17) is 4.74 Å². The number of pyridine rings is 1. The molecule has 3 rings (SSSR count). The Morgan fingerprint density at radius 3 is 2.29 bits per heavy atom. The van der Waals surface area contributed by atoms with Crippen LogP contribution >= 0.6 is 0 Å². The summed E-state index contributed by atoms with van der Waals surface area (Å²) in [6, 6.07) is 9.76. The second kappa shape index (κ2) is 9.50. The molecule has 0 atom stereocenters. The lowest BCUT2D eigenvalue weighted by Gasteiger charge is -2.36. The zero-order valence-corrected chi connectivity index (χ0v) is 19.3. The molecule has 1 aromatic heterocycles. The lowest BCUT2D eigenvalue weighted by molar-refractivity contribution is -0.144. The predicted molar refractivity (Wildman–Crippen MR) is 123 cm³/mol. The number of piperazine rings is 1. The fourth-order valence-corrected chi connectivity index (χ4v) is 4.08.